The largest absolute Gasteiger partial charge is 0.497 e. The summed E-state index contributed by atoms with van der Waals surface area (Å²) in [6, 6.07) is 14.9. The average Bonchev–Trinajstić information content (AvgIpc) is 3.34. The van der Waals surface area contributed by atoms with Crippen LogP contribution < -0.4 is 15.0 Å². The summed E-state index contributed by atoms with van der Waals surface area (Å²) in [5.41, 5.74) is 3.91. The summed E-state index contributed by atoms with van der Waals surface area (Å²) < 4.78 is 12.3. The van der Waals surface area contributed by atoms with Gasteiger partial charge in [0.1, 0.15) is 5.75 Å². The predicted octanol–water partition coefficient (Wildman–Crippen LogP) is 3.76. The topological polar surface area (TPSA) is 68.6 Å². The number of allylic oxidation sites excluding steroid dienone is 1. The number of thiocarbonyl (C=S) groups is 1. The molecule has 2 heterocycles. The second-order valence-electron chi connectivity index (χ2n) is 6.97. The van der Waals surface area contributed by atoms with Crippen LogP contribution in [0.25, 0.3) is 5.69 Å². The van der Waals surface area contributed by atoms with Crippen LogP contribution in [0.1, 0.15) is 18.5 Å². The van der Waals surface area contributed by atoms with Crippen molar-refractivity contribution in [2.45, 2.75) is 13.0 Å². The van der Waals surface area contributed by atoms with Crippen molar-refractivity contribution in [2.75, 3.05) is 19.1 Å². The molecule has 158 valence electrons. The Morgan fingerprint density at radius 2 is 1.74 bits per heavy atom. The van der Waals surface area contributed by atoms with E-state index >= 15 is 0 Å². The third-order valence-electron chi connectivity index (χ3n) is 5.25. The maximum absolute atomic E-state index is 12.8. The Morgan fingerprint density at radius 3 is 2.32 bits per heavy atom. The van der Waals surface area contributed by atoms with Gasteiger partial charge < -0.3 is 19.4 Å². The van der Waals surface area contributed by atoms with Crippen molar-refractivity contribution < 1.29 is 14.3 Å². The molecule has 1 aliphatic rings. The minimum atomic E-state index is -0.425. The van der Waals surface area contributed by atoms with Gasteiger partial charge >= 0.3 is 5.97 Å². The third-order valence-corrected chi connectivity index (χ3v) is 5.55. The van der Waals surface area contributed by atoms with Gasteiger partial charge in [0.05, 0.1) is 32.2 Å². The molecule has 4 rings (SSSR count). The quantitative estimate of drug-likeness (QED) is 0.484. The molecule has 0 spiro atoms. The summed E-state index contributed by atoms with van der Waals surface area (Å²) in [6.07, 6.45) is 5.34. The van der Waals surface area contributed by atoms with Crippen LogP contribution in [-0.2, 0) is 9.53 Å². The number of nitrogens with zero attached hydrogens (tertiary/aromatic N) is 3. The van der Waals surface area contributed by atoms with Crippen LogP contribution >= 0.6 is 12.2 Å². The molecule has 2 aromatic carbocycles. The predicted molar refractivity (Wildman–Crippen MR) is 122 cm³/mol. The van der Waals surface area contributed by atoms with Crippen molar-refractivity contribution in [3.05, 3.63) is 84.1 Å². The van der Waals surface area contributed by atoms with Crippen LogP contribution in [0.2, 0.25) is 0 Å². The van der Waals surface area contributed by atoms with Gasteiger partial charge in [-0.3, -0.25) is 4.90 Å². The molecule has 1 atom stereocenters. The zero-order valence-corrected chi connectivity index (χ0v) is 18.2. The zero-order valence-electron chi connectivity index (χ0n) is 17.4. The summed E-state index contributed by atoms with van der Waals surface area (Å²) in [6.45, 7) is 1.87. The molecular formula is C23H22N4O3S. The standard InChI is InChI=1S/C23H22N4O3S/c1-15-20(22(28)30-3)21(16-4-6-17(7-5-16)26-13-12-24-14-26)25-23(31)27(15)18-8-10-19(29-2)11-9-18/h4-14,21H,1-3H3,(H,25,31). The fraction of sp³-hybridized carbons (Fsp3) is 0.174. The molecule has 0 bridgehead atoms. The number of carbonyl (C=O) groups excluding carboxylic acids is 1. The van der Waals surface area contributed by atoms with Crippen LogP contribution in [0.3, 0.4) is 0 Å². The Bertz CT molecular complexity index is 1120. The highest BCUT2D eigenvalue weighted by Gasteiger charge is 2.35. The maximum atomic E-state index is 12.8. The van der Waals surface area contributed by atoms with E-state index < -0.39 is 12.0 Å². The Labute approximate surface area is 185 Å². The van der Waals surface area contributed by atoms with E-state index in [9.17, 15) is 4.79 Å². The number of anilines is 1. The Hall–Kier alpha value is -3.65. The van der Waals surface area contributed by atoms with Crippen LogP contribution in [0, 0.1) is 0 Å². The SMILES string of the molecule is COC(=O)C1=C(C)N(c2ccc(OC)cc2)C(=S)NC1c1ccc(-n2ccnc2)cc1. The highest BCUT2D eigenvalue weighted by atomic mass is 32.1. The van der Waals surface area contributed by atoms with Gasteiger partial charge in [0.2, 0.25) is 0 Å². The van der Waals surface area contributed by atoms with Gasteiger partial charge in [-0.25, -0.2) is 9.78 Å². The molecule has 0 saturated carbocycles. The lowest BCUT2D eigenvalue weighted by molar-refractivity contribution is -0.136. The van der Waals surface area contributed by atoms with Crippen molar-refractivity contribution in [3.63, 3.8) is 0 Å². The summed E-state index contributed by atoms with van der Waals surface area (Å²) >= 11 is 5.68. The monoisotopic (exact) mass is 434 g/mol. The highest BCUT2D eigenvalue weighted by molar-refractivity contribution is 7.80. The molecule has 0 fully saturated rings. The average molecular weight is 435 g/mol. The number of hydrogen-bond donors (Lipinski definition) is 1. The molecular weight excluding hydrogens is 412 g/mol. The van der Waals surface area contributed by atoms with E-state index in [0.717, 1.165) is 22.7 Å². The lowest BCUT2D eigenvalue weighted by Crippen LogP contribution is -2.48. The van der Waals surface area contributed by atoms with E-state index in [-0.39, 0.29) is 0 Å². The number of benzene rings is 2. The first kappa shape index (κ1) is 20.6. The maximum Gasteiger partial charge on any atom is 0.337 e. The minimum Gasteiger partial charge on any atom is -0.497 e. The van der Waals surface area contributed by atoms with E-state index in [4.69, 9.17) is 21.7 Å². The van der Waals surface area contributed by atoms with Crippen molar-refractivity contribution in [2.24, 2.45) is 0 Å². The molecule has 0 radical (unpaired) electrons. The number of esters is 1. The fourth-order valence-electron chi connectivity index (χ4n) is 3.66. The molecule has 1 aliphatic heterocycles. The second kappa shape index (κ2) is 8.61. The molecule has 7 nitrogen and oxygen atoms in total. The van der Waals surface area contributed by atoms with Gasteiger partial charge in [-0.1, -0.05) is 12.1 Å². The van der Waals surface area contributed by atoms with E-state index in [2.05, 4.69) is 10.3 Å². The summed E-state index contributed by atoms with van der Waals surface area (Å²) in [5.74, 6) is 0.333. The van der Waals surface area contributed by atoms with Crippen LogP contribution in [0.5, 0.6) is 5.75 Å². The van der Waals surface area contributed by atoms with Crippen molar-refractivity contribution in [1.29, 1.82) is 0 Å². The van der Waals surface area contributed by atoms with Crippen molar-refractivity contribution in [3.8, 4) is 11.4 Å². The first-order valence-corrected chi connectivity index (χ1v) is 10.1. The first-order valence-electron chi connectivity index (χ1n) is 9.65. The van der Waals surface area contributed by atoms with Crippen LogP contribution in [-0.4, -0.2) is 34.9 Å². The van der Waals surface area contributed by atoms with Crippen molar-refractivity contribution >= 4 is 29.0 Å². The molecule has 3 aromatic rings. The van der Waals surface area contributed by atoms with E-state index in [0.29, 0.717) is 16.4 Å². The van der Waals surface area contributed by atoms with Gasteiger partial charge in [-0.15, -0.1) is 0 Å². The summed E-state index contributed by atoms with van der Waals surface area (Å²) in [5, 5.41) is 3.81. The molecule has 1 aromatic heterocycles. The number of ether oxygens (including phenoxy) is 2. The van der Waals surface area contributed by atoms with E-state index in [1.54, 1.807) is 19.6 Å². The third kappa shape index (κ3) is 3.89. The zero-order chi connectivity index (χ0) is 22.0. The normalized spacial score (nSPS) is 16.2. The number of rotatable bonds is 5. The number of methoxy groups -OCH3 is 2. The number of hydrogen-bond acceptors (Lipinski definition) is 5. The van der Waals surface area contributed by atoms with E-state index in [1.807, 2.05) is 71.1 Å². The molecule has 31 heavy (non-hydrogen) atoms. The molecule has 0 aliphatic carbocycles. The van der Waals surface area contributed by atoms with Gasteiger partial charge in [-0.2, -0.15) is 0 Å². The highest BCUT2D eigenvalue weighted by Crippen LogP contribution is 2.35. The molecule has 8 heteroatoms. The Kier molecular flexibility index (Phi) is 5.73. The summed E-state index contributed by atoms with van der Waals surface area (Å²) in [7, 11) is 3.00. The first-order chi connectivity index (χ1) is 15.0. The Balaban J connectivity index is 1.74. The fourth-order valence-corrected chi connectivity index (χ4v) is 4.02. The summed E-state index contributed by atoms with van der Waals surface area (Å²) in [4.78, 5) is 18.7. The minimum absolute atomic E-state index is 0.408. The number of carbonyl (C=O) groups is 1. The number of aromatic nitrogens is 2. The van der Waals surface area contributed by atoms with Crippen LogP contribution in [0.4, 0.5) is 5.69 Å². The van der Waals surface area contributed by atoms with Gasteiger partial charge in [-0.05, 0) is 61.1 Å². The smallest absolute Gasteiger partial charge is 0.337 e. The molecule has 1 N–H and O–H groups in total. The molecule has 1 unspecified atom stereocenters. The lowest BCUT2D eigenvalue weighted by atomic mass is 9.94. The second-order valence-corrected chi connectivity index (χ2v) is 7.35. The van der Waals surface area contributed by atoms with Gasteiger partial charge in [0.25, 0.3) is 0 Å². The number of nitrogens with one attached hydrogen (secondary N) is 1. The van der Waals surface area contributed by atoms with Crippen LogP contribution in [0.15, 0.2) is 78.5 Å². The van der Waals surface area contributed by atoms with E-state index in [1.165, 1.54) is 7.11 Å². The molecule has 0 amide bonds. The lowest BCUT2D eigenvalue weighted by Gasteiger charge is -2.37. The van der Waals surface area contributed by atoms with Gasteiger partial charge in [0, 0.05) is 29.5 Å². The van der Waals surface area contributed by atoms with Crippen molar-refractivity contribution in [1.82, 2.24) is 14.9 Å². The Morgan fingerprint density at radius 1 is 1.06 bits per heavy atom. The van der Waals surface area contributed by atoms with Gasteiger partial charge in [0.15, 0.2) is 5.11 Å². The molecule has 0 saturated heterocycles. The number of imidazole rings is 1.